The number of carbonyl (C=O) groups excluding carboxylic acids is 2. The van der Waals surface area contributed by atoms with E-state index in [9.17, 15) is 9.59 Å². The van der Waals surface area contributed by atoms with Gasteiger partial charge in [0.25, 0.3) is 0 Å². The number of hydrogen-bond donors (Lipinski definition) is 2. The third-order valence-electron chi connectivity index (χ3n) is 4.53. The second-order valence-electron chi connectivity index (χ2n) is 7.31. The van der Waals surface area contributed by atoms with Gasteiger partial charge in [-0.2, -0.15) is 0 Å². The number of piperidine rings is 1. The predicted octanol–water partition coefficient (Wildman–Crippen LogP) is 2.53. The molecular formula is C20H31N3O3. The van der Waals surface area contributed by atoms with Gasteiger partial charge in [-0.3, -0.25) is 9.69 Å². The molecule has 6 nitrogen and oxygen atoms in total. The Kier molecular flexibility index (Phi) is 7.91. The van der Waals surface area contributed by atoms with Crippen molar-refractivity contribution in [3.05, 3.63) is 35.4 Å². The minimum absolute atomic E-state index is 0.0811. The summed E-state index contributed by atoms with van der Waals surface area (Å²) in [6.07, 6.45) is 0.744. The Morgan fingerprint density at radius 2 is 1.69 bits per heavy atom. The molecule has 0 radical (unpaired) electrons. The molecule has 26 heavy (non-hydrogen) atoms. The lowest BCUT2D eigenvalue weighted by molar-refractivity contribution is -0.120. The van der Waals surface area contributed by atoms with Crippen molar-refractivity contribution in [1.29, 1.82) is 0 Å². The summed E-state index contributed by atoms with van der Waals surface area (Å²) in [6, 6.07) is 8.35. The van der Waals surface area contributed by atoms with E-state index in [1.807, 2.05) is 12.1 Å². The summed E-state index contributed by atoms with van der Waals surface area (Å²) < 4.78 is 4.71. The fourth-order valence-electron chi connectivity index (χ4n) is 3.54. The number of carbonyl (C=O) groups is 2. The first-order chi connectivity index (χ1) is 12.5. The van der Waals surface area contributed by atoms with Crippen LogP contribution in [0.3, 0.4) is 0 Å². The van der Waals surface area contributed by atoms with Gasteiger partial charge in [-0.15, -0.1) is 0 Å². The van der Waals surface area contributed by atoms with Crippen LogP contribution in [-0.4, -0.2) is 43.1 Å². The second kappa shape index (κ2) is 10.2. The number of rotatable bonds is 7. The van der Waals surface area contributed by atoms with Crippen LogP contribution in [0.1, 0.15) is 38.3 Å². The van der Waals surface area contributed by atoms with Crippen LogP contribution >= 0.6 is 0 Å². The van der Waals surface area contributed by atoms with Gasteiger partial charge in [0.2, 0.25) is 5.91 Å². The second-order valence-corrected chi connectivity index (χ2v) is 7.31. The summed E-state index contributed by atoms with van der Waals surface area (Å²) >= 11 is 0. The van der Waals surface area contributed by atoms with E-state index in [0.717, 1.165) is 37.0 Å². The highest BCUT2D eigenvalue weighted by molar-refractivity contribution is 5.82. The average Bonchev–Trinajstić information content (AvgIpc) is 2.59. The van der Waals surface area contributed by atoms with E-state index in [0.29, 0.717) is 6.54 Å². The zero-order valence-electron chi connectivity index (χ0n) is 16.1. The molecule has 2 atom stereocenters. The quantitative estimate of drug-likeness (QED) is 0.783. The molecule has 0 aromatic heterocycles. The van der Waals surface area contributed by atoms with Crippen LogP contribution in [0, 0.1) is 11.8 Å². The van der Waals surface area contributed by atoms with Crippen LogP contribution in [0.15, 0.2) is 24.3 Å². The number of amides is 2. The molecule has 1 aromatic rings. The van der Waals surface area contributed by atoms with E-state index in [1.54, 1.807) is 6.92 Å². The van der Waals surface area contributed by atoms with E-state index in [4.69, 9.17) is 4.74 Å². The summed E-state index contributed by atoms with van der Waals surface area (Å²) in [5.41, 5.74) is 2.34. The molecule has 0 saturated carbocycles. The lowest BCUT2D eigenvalue weighted by Crippen LogP contribution is -2.38. The monoisotopic (exact) mass is 361 g/mol. The first-order valence-electron chi connectivity index (χ1n) is 9.43. The minimum atomic E-state index is -0.576. The van der Waals surface area contributed by atoms with Crippen LogP contribution in [0.5, 0.6) is 0 Å². The Balaban J connectivity index is 1.73. The third-order valence-corrected chi connectivity index (χ3v) is 4.53. The number of alkyl carbamates (subject to hydrolysis) is 1. The Bertz CT molecular complexity index is 578. The van der Waals surface area contributed by atoms with Gasteiger partial charge in [0.15, 0.2) is 0 Å². The summed E-state index contributed by atoms with van der Waals surface area (Å²) in [7, 11) is 0. The number of ether oxygens (including phenoxy) is 1. The maximum atomic E-state index is 11.7. The zero-order valence-corrected chi connectivity index (χ0v) is 16.1. The van der Waals surface area contributed by atoms with Crippen molar-refractivity contribution in [2.75, 3.05) is 26.2 Å². The molecule has 1 fully saturated rings. The maximum Gasteiger partial charge on any atom is 0.407 e. The van der Waals surface area contributed by atoms with E-state index < -0.39 is 6.09 Å². The van der Waals surface area contributed by atoms with Gasteiger partial charge in [0.1, 0.15) is 6.54 Å². The number of likely N-dealkylation sites (tertiary alicyclic amines) is 1. The molecule has 2 rings (SSSR count). The molecule has 1 saturated heterocycles. The molecule has 2 amide bonds. The van der Waals surface area contributed by atoms with Gasteiger partial charge in [-0.05, 0) is 36.3 Å². The Hall–Kier alpha value is -2.08. The van der Waals surface area contributed by atoms with Crippen molar-refractivity contribution in [2.45, 2.75) is 40.3 Å². The molecule has 1 aliphatic rings. The molecular weight excluding hydrogens is 330 g/mol. The molecule has 0 unspecified atom stereocenters. The highest BCUT2D eigenvalue weighted by Gasteiger charge is 2.21. The molecule has 0 aliphatic carbocycles. The molecule has 2 N–H and O–H groups in total. The van der Waals surface area contributed by atoms with Crippen molar-refractivity contribution >= 4 is 12.0 Å². The summed E-state index contributed by atoms with van der Waals surface area (Å²) in [5, 5.41) is 5.19. The van der Waals surface area contributed by atoms with Gasteiger partial charge in [0, 0.05) is 26.2 Å². The fraction of sp³-hybridized carbons (Fsp3) is 0.600. The summed E-state index contributed by atoms with van der Waals surface area (Å²) in [5.74, 6) is 1.28. The lowest BCUT2D eigenvalue weighted by atomic mass is 9.91. The first-order valence-corrected chi connectivity index (χ1v) is 9.43. The number of benzene rings is 1. The van der Waals surface area contributed by atoms with Gasteiger partial charge < -0.3 is 15.4 Å². The molecule has 0 spiro atoms. The lowest BCUT2D eigenvalue weighted by Gasteiger charge is -2.35. The number of hydrogen-bond acceptors (Lipinski definition) is 4. The Morgan fingerprint density at radius 1 is 1.08 bits per heavy atom. The van der Waals surface area contributed by atoms with Gasteiger partial charge in [-0.1, -0.05) is 38.1 Å². The Labute approximate surface area is 156 Å². The summed E-state index contributed by atoms with van der Waals surface area (Å²) in [6.45, 7) is 10.3. The van der Waals surface area contributed by atoms with Crippen molar-refractivity contribution < 1.29 is 14.3 Å². The van der Waals surface area contributed by atoms with Crippen LogP contribution in [0.25, 0.3) is 0 Å². The largest absolute Gasteiger partial charge is 0.450 e. The Morgan fingerprint density at radius 3 is 2.31 bits per heavy atom. The number of nitrogens with zero attached hydrogens (tertiary/aromatic N) is 1. The molecule has 6 heteroatoms. The van der Waals surface area contributed by atoms with Gasteiger partial charge in [-0.25, -0.2) is 4.79 Å². The van der Waals surface area contributed by atoms with Crippen LogP contribution in [0.4, 0.5) is 4.79 Å². The third kappa shape index (κ3) is 7.04. The van der Waals surface area contributed by atoms with Gasteiger partial charge in [0.05, 0.1) is 6.61 Å². The van der Waals surface area contributed by atoms with Crippen molar-refractivity contribution in [3.63, 3.8) is 0 Å². The average molecular weight is 361 g/mol. The smallest absolute Gasteiger partial charge is 0.407 e. The maximum absolute atomic E-state index is 11.7. The topological polar surface area (TPSA) is 70.7 Å². The highest BCUT2D eigenvalue weighted by atomic mass is 16.5. The standard InChI is InChI=1S/C20H31N3O3/c1-4-26-20(25)22-11-19(24)21-10-17-5-7-18(8-6-17)14-23-12-15(2)9-16(3)13-23/h5-8,15-16H,4,9-14H2,1-3H3,(H,21,24)(H,22,25)/t15-,16+. The van der Waals surface area contributed by atoms with Crippen LogP contribution in [-0.2, 0) is 22.6 Å². The van der Waals surface area contributed by atoms with E-state index in [-0.39, 0.29) is 19.1 Å². The summed E-state index contributed by atoms with van der Waals surface area (Å²) in [4.78, 5) is 25.4. The van der Waals surface area contributed by atoms with Crippen molar-refractivity contribution in [3.8, 4) is 0 Å². The zero-order chi connectivity index (χ0) is 18.9. The van der Waals surface area contributed by atoms with E-state index in [1.165, 1.54) is 12.0 Å². The minimum Gasteiger partial charge on any atom is -0.450 e. The molecule has 1 aliphatic heterocycles. The van der Waals surface area contributed by atoms with Gasteiger partial charge >= 0.3 is 6.09 Å². The van der Waals surface area contributed by atoms with Crippen molar-refractivity contribution in [1.82, 2.24) is 15.5 Å². The van der Waals surface area contributed by atoms with Crippen LogP contribution in [0.2, 0.25) is 0 Å². The van der Waals surface area contributed by atoms with E-state index >= 15 is 0 Å². The SMILES string of the molecule is CCOC(=O)NCC(=O)NCc1ccc(CN2C[C@H](C)C[C@H](C)C2)cc1. The fourth-order valence-corrected chi connectivity index (χ4v) is 3.54. The molecule has 0 bridgehead atoms. The number of nitrogens with one attached hydrogen (secondary N) is 2. The van der Waals surface area contributed by atoms with E-state index in [2.05, 4.69) is 41.5 Å². The predicted molar refractivity (Wildman–Crippen MR) is 102 cm³/mol. The molecule has 1 aromatic carbocycles. The first kappa shape index (κ1) is 20.2. The molecule has 144 valence electrons. The van der Waals surface area contributed by atoms with Crippen LogP contribution < -0.4 is 10.6 Å². The molecule has 1 heterocycles. The normalized spacial score (nSPS) is 20.4. The highest BCUT2D eigenvalue weighted by Crippen LogP contribution is 2.22. The van der Waals surface area contributed by atoms with Crippen molar-refractivity contribution in [2.24, 2.45) is 11.8 Å².